The minimum atomic E-state index is 0.0822. The van der Waals surface area contributed by atoms with Crippen LogP contribution in [-0.4, -0.2) is 66.9 Å². The fourth-order valence-corrected chi connectivity index (χ4v) is 3.09. The molecule has 1 N–H and O–H groups in total. The molecule has 5 heteroatoms. The highest BCUT2D eigenvalue weighted by molar-refractivity contribution is 6.38. The smallest absolute Gasteiger partial charge is 0.288 e. The number of likely N-dealkylation sites (tertiary alicyclic amines) is 1. The third kappa shape index (κ3) is 2.39. The molecular formula is C14H22N4O. The Hall–Kier alpha value is -1.36. The molecule has 0 aromatic carbocycles. The molecule has 1 fully saturated rings. The molecule has 0 bridgehead atoms. The summed E-state index contributed by atoms with van der Waals surface area (Å²) in [4.78, 5) is 21.2. The van der Waals surface area contributed by atoms with Crippen LogP contribution in [-0.2, 0) is 4.79 Å². The number of carbonyl (C=O) groups excluding carboxylic acids is 1. The standard InChI is InChI=1S/C14H22N4O/c1-17(2)10-7-8-18(9-10)14(19)13-15-11-5-3-4-6-12(11)16-13/h3-4,10-12H,5-9H2,1-2H3,(H,15,16). The van der Waals surface area contributed by atoms with Gasteiger partial charge in [-0.15, -0.1) is 0 Å². The fraction of sp³-hybridized carbons (Fsp3) is 0.714. The first-order valence-corrected chi connectivity index (χ1v) is 7.10. The second-order valence-electron chi connectivity index (χ2n) is 5.90. The maximum absolute atomic E-state index is 12.5. The average molecular weight is 262 g/mol. The summed E-state index contributed by atoms with van der Waals surface area (Å²) in [5, 5.41) is 3.31. The van der Waals surface area contributed by atoms with Crippen LogP contribution in [0.15, 0.2) is 17.1 Å². The summed E-state index contributed by atoms with van der Waals surface area (Å²) in [6.45, 7) is 1.66. The molecule has 1 aliphatic carbocycles. The minimum Gasteiger partial charge on any atom is -0.361 e. The number of amides is 1. The second kappa shape index (κ2) is 4.96. The number of fused-ring (bicyclic) bond motifs is 1. The van der Waals surface area contributed by atoms with E-state index >= 15 is 0 Å². The zero-order valence-electron chi connectivity index (χ0n) is 11.7. The van der Waals surface area contributed by atoms with Crippen LogP contribution in [0.5, 0.6) is 0 Å². The van der Waals surface area contributed by atoms with E-state index in [-0.39, 0.29) is 11.9 Å². The van der Waals surface area contributed by atoms with Crippen molar-refractivity contribution in [2.45, 2.75) is 37.4 Å². The van der Waals surface area contributed by atoms with Gasteiger partial charge in [0.2, 0.25) is 0 Å². The predicted octanol–water partition coefficient (Wildman–Crippen LogP) is 0.238. The minimum absolute atomic E-state index is 0.0822. The lowest BCUT2D eigenvalue weighted by atomic mass is 9.98. The molecule has 1 saturated heterocycles. The van der Waals surface area contributed by atoms with Crippen LogP contribution in [0.25, 0.3) is 0 Å². The van der Waals surface area contributed by atoms with Crippen LogP contribution in [0, 0.1) is 0 Å². The van der Waals surface area contributed by atoms with E-state index < -0.39 is 0 Å². The number of nitrogens with zero attached hydrogens (tertiary/aromatic N) is 3. The summed E-state index contributed by atoms with van der Waals surface area (Å²) in [6.07, 6.45) is 7.33. The molecule has 1 amide bonds. The van der Waals surface area contributed by atoms with Crippen molar-refractivity contribution in [2.75, 3.05) is 27.2 Å². The Balaban J connectivity index is 1.63. The zero-order chi connectivity index (χ0) is 13.4. The second-order valence-corrected chi connectivity index (χ2v) is 5.90. The first kappa shape index (κ1) is 12.7. The van der Waals surface area contributed by atoms with Crippen LogP contribution in [0.3, 0.4) is 0 Å². The van der Waals surface area contributed by atoms with E-state index in [9.17, 15) is 4.79 Å². The van der Waals surface area contributed by atoms with Crippen molar-refractivity contribution in [2.24, 2.45) is 4.99 Å². The third-order valence-electron chi connectivity index (χ3n) is 4.40. The van der Waals surface area contributed by atoms with E-state index in [1.165, 1.54) is 0 Å². The first-order valence-electron chi connectivity index (χ1n) is 7.10. The van der Waals surface area contributed by atoms with Gasteiger partial charge in [-0.2, -0.15) is 0 Å². The highest BCUT2D eigenvalue weighted by atomic mass is 16.2. The van der Waals surface area contributed by atoms with Crippen molar-refractivity contribution in [3.05, 3.63) is 12.2 Å². The molecule has 0 saturated carbocycles. The lowest BCUT2D eigenvalue weighted by molar-refractivity contribution is -0.123. The van der Waals surface area contributed by atoms with Crippen LogP contribution < -0.4 is 5.32 Å². The summed E-state index contributed by atoms with van der Waals surface area (Å²) in [7, 11) is 4.15. The summed E-state index contributed by atoms with van der Waals surface area (Å²) >= 11 is 0. The maximum atomic E-state index is 12.5. The number of hydrogen-bond acceptors (Lipinski definition) is 4. The van der Waals surface area contributed by atoms with E-state index in [2.05, 4.69) is 41.5 Å². The molecule has 3 aliphatic rings. The van der Waals surface area contributed by atoms with E-state index in [1.54, 1.807) is 0 Å². The molecule has 0 spiro atoms. The van der Waals surface area contributed by atoms with Crippen molar-refractivity contribution in [1.82, 2.24) is 15.1 Å². The van der Waals surface area contributed by atoms with Crippen molar-refractivity contribution >= 4 is 11.7 Å². The topological polar surface area (TPSA) is 47.9 Å². The van der Waals surface area contributed by atoms with Gasteiger partial charge in [-0.3, -0.25) is 9.79 Å². The van der Waals surface area contributed by atoms with Crippen LogP contribution in [0.1, 0.15) is 19.3 Å². The number of aliphatic imine (C=N–C) groups is 1. The Morgan fingerprint density at radius 3 is 2.89 bits per heavy atom. The summed E-state index contributed by atoms with van der Waals surface area (Å²) in [5.41, 5.74) is 0. The molecule has 2 aliphatic heterocycles. The average Bonchev–Trinajstić information content (AvgIpc) is 3.04. The van der Waals surface area contributed by atoms with Crippen molar-refractivity contribution < 1.29 is 4.79 Å². The quantitative estimate of drug-likeness (QED) is 0.725. The Kier molecular flexibility index (Phi) is 3.31. The molecular weight excluding hydrogens is 240 g/mol. The SMILES string of the molecule is CN(C)C1CCN(C(=O)C2=NC3CC=CCC3N2)C1. The van der Waals surface area contributed by atoms with Gasteiger partial charge in [-0.05, 0) is 33.4 Å². The Morgan fingerprint density at radius 2 is 2.21 bits per heavy atom. The van der Waals surface area contributed by atoms with Gasteiger partial charge < -0.3 is 15.1 Å². The Bertz CT molecular complexity index is 429. The predicted molar refractivity (Wildman–Crippen MR) is 75.2 cm³/mol. The van der Waals surface area contributed by atoms with E-state index in [0.29, 0.717) is 17.9 Å². The first-order chi connectivity index (χ1) is 9.15. The van der Waals surface area contributed by atoms with Gasteiger partial charge in [0.25, 0.3) is 5.91 Å². The van der Waals surface area contributed by atoms with Crippen LogP contribution in [0.4, 0.5) is 0 Å². The monoisotopic (exact) mass is 262 g/mol. The molecule has 0 aromatic heterocycles. The zero-order valence-corrected chi connectivity index (χ0v) is 11.7. The number of amidine groups is 1. The molecule has 3 rings (SSSR count). The highest BCUT2D eigenvalue weighted by Crippen LogP contribution is 2.21. The van der Waals surface area contributed by atoms with Crippen LogP contribution in [0.2, 0.25) is 0 Å². The lowest BCUT2D eigenvalue weighted by Gasteiger charge is -2.21. The molecule has 0 aromatic rings. The molecule has 3 atom stereocenters. The lowest BCUT2D eigenvalue weighted by Crippen LogP contribution is -2.44. The van der Waals surface area contributed by atoms with Gasteiger partial charge >= 0.3 is 0 Å². The summed E-state index contributed by atoms with van der Waals surface area (Å²) in [5.74, 6) is 0.664. The van der Waals surface area contributed by atoms with Crippen LogP contribution >= 0.6 is 0 Å². The maximum Gasteiger partial charge on any atom is 0.288 e. The molecule has 5 nitrogen and oxygen atoms in total. The third-order valence-corrected chi connectivity index (χ3v) is 4.40. The molecule has 104 valence electrons. The highest BCUT2D eigenvalue weighted by Gasteiger charge is 2.36. The molecule has 19 heavy (non-hydrogen) atoms. The summed E-state index contributed by atoms with van der Waals surface area (Å²) in [6, 6.07) is 1.07. The van der Waals surface area contributed by atoms with E-state index in [1.807, 2.05) is 4.90 Å². The largest absolute Gasteiger partial charge is 0.361 e. The molecule has 0 radical (unpaired) electrons. The number of carbonyl (C=O) groups is 1. The van der Waals surface area contributed by atoms with Gasteiger partial charge in [-0.1, -0.05) is 12.2 Å². The number of nitrogens with one attached hydrogen (secondary N) is 1. The normalized spacial score (nSPS) is 33.3. The number of rotatable bonds is 2. The van der Waals surface area contributed by atoms with Gasteiger partial charge in [-0.25, -0.2) is 0 Å². The van der Waals surface area contributed by atoms with Gasteiger partial charge in [0.15, 0.2) is 5.84 Å². The molecule has 2 heterocycles. The fourth-order valence-electron chi connectivity index (χ4n) is 3.09. The van der Waals surface area contributed by atoms with Crippen molar-refractivity contribution in [3.63, 3.8) is 0 Å². The van der Waals surface area contributed by atoms with E-state index in [0.717, 1.165) is 32.4 Å². The number of likely N-dealkylation sites (N-methyl/N-ethyl adjacent to an activating group) is 1. The van der Waals surface area contributed by atoms with Crippen molar-refractivity contribution in [3.8, 4) is 0 Å². The number of hydrogen-bond donors (Lipinski definition) is 1. The summed E-state index contributed by atoms with van der Waals surface area (Å²) < 4.78 is 0. The van der Waals surface area contributed by atoms with E-state index in [4.69, 9.17) is 0 Å². The Morgan fingerprint density at radius 1 is 1.42 bits per heavy atom. The molecule has 3 unspecified atom stereocenters. The van der Waals surface area contributed by atoms with Gasteiger partial charge in [0, 0.05) is 19.1 Å². The van der Waals surface area contributed by atoms with Gasteiger partial charge in [0.1, 0.15) is 0 Å². The van der Waals surface area contributed by atoms with Crippen molar-refractivity contribution in [1.29, 1.82) is 0 Å². The van der Waals surface area contributed by atoms with Gasteiger partial charge in [0.05, 0.1) is 12.1 Å². The Labute approximate surface area is 114 Å².